The van der Waals surface area contributed by atoms with Gasteiger partial charge in [0.05, 0.1) is 0 Å². The second kappa shape index (κ2) is 11.2. The third-order valence-corrected chi connectivity index (χ3v) is 6.11. The predicted octanol–water partition coefficient (Wildman–Crippen LogP) is 3.90. The average molecular weight is 423 g/mol. The van der Waals surface area contributed by atoms with Gasteiger partial charge in [-0.3, -0.25) is 9.80 Å². The van der Waals surface area contributed by atoms with Crippen LogP contribution in [0.1, 0.15) is 24.8 Å². The van der Waals surface area contributed by atoms with E-state index in [1.54, 1.807) is 0 Å². The number of anilines is 1. The van der Waals surface area contributed by atoms with Crippen LogP contribution >= 0.6 is 0 Å². The minimum atomic E-state index is -0.0186. The molecule has 4 rings (SSSR count). The summed E-state index contributed by atoms with van der Waals surface area (Å²) in [7, 11) is 0. The molecule has 2 aromatic rings. The Bertz CT molecular complexity index is 815. The first-order chi connectivity index (χ1) is 15.3. The Hall–Kier alpha value is -2.57. The van der Waals surface area contributed by atoms with Crippen LogP contribution in [0.15, 0.2) is 54.6 Å². The number of nitrogens with zero attached hydrogens (tertiary/aromatic N) is 3. The number of piperidine rings is 1. The molecule has 2 aromatic carbocycles. The lowest BCUT2D eigenvalue weighted by Gasteiger charge is -2.34. The topological polar surface area (TPSA) is 48.1 Å². The molecule has 31 heavy (non-hydrogen) atoms. The van der Waals surface area contributed by atoms with Crippen molar-refractivity contribution in [2.75, 3.05) is 57.7 Å². The number of amides is 2. The molecule has 0 bridgehead atoms. The average Bonchev–Trinajstić information content (AvgIpc) is 2.81. The van der Waals surface area contributed by atoms with Gasteiger partial charge in [0.1, 0.15) is 12.4 Å². The molecule has 0 radical (unpaired) electrons. The van der Waals surface area contributed by atoms with E-state index < -0.39 is 0 Å². The number of nitrogens with one attached hydrogen (secondary N) is 1. The van der Waals surface area contributed by atoms with Gasteiger partial charge in [0, 0.05) is 45.0 Å². The molecule has 0 aromatic heterocycles. The van der Waals surface area contributed by atoms with Crippen LogP contribution in [0, 0.1) is 0 Å². The van der Waals surface area contributed by atoms with E-state index in [-0.39, 0.29) is 6.03 Å². The van der Waals surface area contributed by atoms with Crippen LogP contribution < -0.4 is 10.1 Å². The molecule has 2 aliphatic rings. The monoisotopic (exact) mass is 422 g/mol. The van der Waals surface area contributed by atoms with Gasteiger partial charge < -0.3 is 15.0 Å². The van der Waals surface area contributed by atoms with E-state index in [0.29, 0.717) is 0 Å². The highest BCUT2D eigenvalue weighted by atomic mass is 16.5. The number of para-hydroxylation sites is 1. The Morgan fingerprint density at radius 2 is 1.61 bits per heavy atom. The highest BCUT2D eigenvalue weighted by Gasteiger charge is 2.21. The number of rotatable bonds is 7. The second-order valence-corrected chi connectivity index (χ2v) is 8.46. The van der Waals surface area contributed by atoms with Gasteiger partial charge in [-0.15, -0.1) is 0 Å². The third kappa shape index (κ3) is 6.71. The van der Waals surface area contributed by atoms with Crippen LogP contribution in [0.25, 0.3) is 0 Å². The van der Waals surface area contributed by atoms with Crippen LogP contribution in [0.5, 0.6) is 5.75 Å². The lowest BCUT2D eigenvalue weighted by molar-refractivity contribution is 0.143. The number of hydrogen-bond donors (Lipinski definition) is 1. The SMILES string of the molecule is O=C(Nc1ccccc1)N1CCN(Cc2cccc(OCCN3CCCCC3)c2)CC1. The number of ether oxygens (including phenoxy) is 1. The molecule has 1 N–H and O–H groups in total. The van der Waals surface area contributed by atoms with E-state index in [4.69, 9.17) is 4.74 Å². The van der Waals surface area contributed by atoms with Crippen LogP contribution in [0.4, 0.5) is 10.5 Å². The van der Waals surface area contributed by atoms with Gasteiger partial charge in [0.2, 0.25) is 0 Å². The van der Waals surface area contributed by atoms with Gasteiger partial charge in [-0.2, -0.15) is 0 Å². The Labute approximate surface area is 185 Å². The van der Waals surface area contributed by atoms with Gasteiger partial charge in [-0.1, -0.05) is 36.8 Å². The first-order valence-corrected chi connectivity index (χ1v) is 11.5. The molecule has 166 valence electrons. The summed E-state index contributed by atoms with van der Waals surface area (Å²) in [6.45, 7) is 8.30. The van der Waals surface area contributed by atoms with Crippen molar-refractivity contribution in [3.8, 4) is 5.75 Å². The van der Waals surface area contributed by atoms with E-state index in [1.165, 1.54) is 37.9 Å². The predicted molar refractivity (Wildman–Crippen MR) is 125 cm³/mol. The summed E-state index contributed by atoms with van der Waals surface area (Å²) >= 11 is 0. The molecular formula is C25H34N4O2. The normalized spacial score (nSPS) is 18.0. The van der Waals surface area contributed by atoms with Crippen LogP contribution in [0.3, 0.4) is 0 Å². The summed E-state index contributed by atoms with van der Waals surface area (Å²) in [6, 6.07) is 18.1. The van der Waals surface area contributed by atoms with Crippen molar-refractivity contribution in [2.24, 2.45) is 0 Å². The molecule has 6 heteroatoms. The summed E-state index contributed by atoms with van der Waals surface area (Å²) in [5, 5.41) is 2.98. The molecule has 0 spiro atoms. The van der Waals surface area contributed by atoms with Gasteiger partial charge in [0.25, 0.3) is 0 Å². The molecule has 0 atom stereocenters. The lowest BCUT2D eigenvalue weighted by Crippen LogP contribution is -2.49. The zero-order valence-electron chi connectivity index (χ0n) is 18.3. The second-order valence-electron chi connectivity index (χ2n) is 8.46. The molecule has 0 unspecified atom stereocenters. The van der Waals surface area contributed by atoms with Crippen molar-refractivity contribution < 1.29 is 9.53 Å². The van der Waals surface area contributed by atoms with Crippen LogP contribution in [-0.4, -0.2) is 73.2 Å². The van der Waals surface area contributed by atoms with E-state index >= 15 is 0 Å². The quantitative estimate of drug-likeness (QED) is 0.735. The number of carbonyl (C=O) groups is 1. The largest absolute Gasteiger partial charge is 0.492 e. The molecular weight excluding hydrogens is 388 g/mol. The zero-order chi connectivity index (χ0) is 21.3. The van der Waals surface area contributed by atoms with E-state index in [2.05, 4.69) is 33.3 Å². The standard InChI is InChI=1S/C25H34N4O2/c30-25(26-23-9-3-1-4-10-23)29-16-14-28(15-17-29)21-22-8-7-11-24(20-22)31-19-18-27-12-5-2-6-13-27/h1,3-4,7-11,20H,2,5-6,12-19,21H2,(H,26,30). The Balaban J connectivity index is 1.19. The maximum atomic E-state index is 12.5. The summed E-state index contributed by atoms with van der Waals surface area (Å²) in [5.74, 6) is 0.954. The number of carbonyl (C=O) groups excluding carboxylic acids is 1. The summed E-state index contributed by atoms with van der Waals surface area (Å²) < 4.78 is 6.02. The van der Waals surface area contributed by atoms with Gasteiger partial charge in [-0.25, -0.2) is 4.79 Å². The number of benzene rings is 2. The summed E-state index contributed by atoms with van der Waals surface area (Å²) in [4.78, 5) is 19.3. The summed E-state index contributed by atoms with van der Waals surface area (Å²) in [5.41, 5.74) is 2.10. The van der Waals surface area contributed by atoms with Crippen molar-refractivity contribution in [1.29, 1.82) is 0 Å². The molecule has 6 nitrogen and oxygen atoms in total. The van der Waals surface area contributed by atoms with Crippen molar-refractivity contribution in [3.05, 3.63) is 60.2 Å². The fourth-order valence-electron chi connectivity index (χ4n) is 4.30. The first kappa shape index (κ1) is 21.7. The molecule has 0 saturated carbocycles. The molecule has 2 fully saturated rings. The third-order valence-electron chi connectivity index (χ3n) is 6.11. The summed E-state index contributed by atoms with van der Waals surface area (Å²) in [6.07, 6.45) is 4.00. The fourth-order valence-corrected chi connectivity index (χ4v) is 4.30. The fraction of sp³-hybridized carbons (Fsp3) is 0.480. The van der Waals surface area contributed by atoms with E-state index in [0.717, 1.165) is 57.3 Å². The molecule has 2 aliphatic heterocycles. The number of piperazine rings is 1. The highest BCUT2D eigenvalue weighted by molar-refractivity contribution is 5.89. The van der Waals surface area contributed by atoms with Crippen molar-refractivity contribution >= 4 is 11.7 Å². The van der Waals surface area contributed by atoms with Crippen molar-refractivity contribution in [1.82, 2.24) is 14.7 Å². The minimum absolute atomic E-state index is 0.0186. The van der Waals surface area contributed by atoms with E-state index in [9.17, 15) is 4.79 Å². The Kier molecular flexibility index (Phi) is 7.80. The minimum Gasteiger partial charge on any atom is -0.492 e. The Morgan fingerprint density at radius 1 is 0.839 bits per heavy atom. The molecule has 2 heterocycles. The van der Waals surface area contributed by atoms with Crippen LogP contribution in [-0.2, 0) is 6.54 Å². The maximum Gasteiger partial charge on any atom is 0.321 e. The Morgan fingerprint density at radius 3 is 2.39 bits per heavy atom. The smallest absolute Gasteiger partial charge is 0.321 e. The molecule has 2 amide bonds. The van der Waals surface area contributed by atoms with Gasteiger partial charge in [0.15, 0.2) is 0 Å². The van der Waals surface area contributed by atoms with Crippen molar-refractivity contribution in [2.45, 2.75) is 25.8 Å². The van der Waals surface area contributed by atoms with Gasteiger partial charge >= 0.3 is 6.03 Å². The number of hydrogen-bond acceptors (Lipinski definition) is 4. The molecule has 0 aliphatic carbocycles. The zero-order valence-corrected chi connectivity index (χ0v) is 18.3. The van der Waals surface area contributed by atoms with Crippen LogP contribution in [0.2, 0.25) is 0 Å². The van der Waals surface area contributed by atoms with Gasteiger partial charge in [-0.05, 0) is 55.8 Å². The van der Waals surface area contributed by atoms with E-state index in [1.807, 2.05) is 41.3 Å². The maximum absolute atomic E-state index is 12.5. The molecule has 2 saturated heterocycles. The number of urea groups is 1. The van der Waals surface area contributed by atoms with Crippen molar-refractivity contribution in [3.63, 3.8) is 0 Å². The number of likely N-dealkylation sites (tertiary alicyclic amines) is 1. The lowest BCUT2D eigenvalue weighted by atomic mass is 10.1. The highest BCUT2D eigenvalue weighted by Crippen LogP contribution is 2.17. The first-order valence-electron chi connectivity index (χ1n) is 11.5.